The van der Waals surface area contributed by atoms with E-state index in [2.05, 4.69) is 65.2 Å². The molecule has 0 spiro atoms. The maximum Gasteiger partial charge on any atom is 0.258 e. The van der Waals surface area contributed by atoms with Gasteiger partial charge in [-0.15, -0.1) is 0 Å². The largest absolute Gasteiger partial charge is 0.495 e. The number of benzene rings is 3. The Morgan fingerprint density at radius 1 is 0.925 bits per heavy atom. The predicted octanol–water partition coefficient (Wildman–Crippen LogP) is 5.52. The van der Waals surface area contributed by atoms with Crippen molar-refractivity contribution in [3.05, 3.63) is 89.7 Å². The average molecular weight is 534 g/mol. The minimum Gasteiger partial charge on any atom is -0.495 e. The first kappa shape index (κ1) is 26.0. The molecule has 1 saturated heterocycles. The molecule has 2 atom stereocenters. The van der Waals surface area contributed by atoms with Gasteiger partial charge < -0.3 is 19.9 Å². The van der Waals surface area contributed by atoms with Crippen molar-refractivity contribution in [1.29, 1.82) is 0 Å². The lowest BCUT2D eigenvalue weighted by Crippen LogP contribution is -2.54. The number of rotatable bonds is 5. The molecule has 2 aliphatic heterocycles. The zero-order chi connectivity index (χ0) is 27.8. The van der Waals surface area contributed by atoms with Gasteiger partial charge in [0.15, 0.2) is 5.82 Å². The Morgan fingerprint density at radius 3 is 2.30 bits per heavy atom. The maximum absolute atomic E-state index is 13.7. The van der Waals surface area contributed by atoms with Crippen LogP contribution in [-0.2, 0) is 6.42 Å². The van der Waals surface area contributed by atoms with Crippen LogP contribution in [0.1, 0.15) is 35.3 Å². The fourth-order valence-corrected chi connectivity index (χ4v) is 6.07. The molecule has 1 aromatic heterocycles. The van der Waals surface area contributed by atoms with Gasteiger partial charge >= 0.3 is 0 Å². The topological polar surface area (TPSA) is 70.6 Å². The summed E-state index contributed by atoms with van der Waals surface area (Å²) in [6.07, 6.45) is 4.33. The van der Waals surface area contributed by atoms with Crippen LogP contribution in [0.2, 0.25) is 0 Å². The number of aromatic nitrogens is 2. The second kappa shape index (κ2) is 10.7. The highest BCUT2D eigenvalue weighted by Crippen LogP contribution is 2.40. The number of fused-ring (bicyclic) bond motifs is 1. The molecule has 0 aliphatic carbocycles. The Labute approximate surface area is 235 Å². The van der Waals surface area contributed by atoms with Crippen molar-refractivity contribution in [2.75, 3.05) is 36.5 Å². The Hall–Kier alpha value is -4.23. The first-order valence-electron chi connectivity index (χ1n) is 13.9. The Bertz CT molecular complexity index is 1530. The van der Waals surface area contributed by atoms with Crippen molar-refractivity contribution in [1.82, 2.24) is 15.3 Å². The number of hydrogen-bond donors (Lipinski definition) is 1. The van der Waals surface area contributed by atoms with E-state index in [0.717, 1.165) is 64.5 Å². The number of hydrogen-bond acceptors (Lipinski definition) is 6. The summed E-state index contributed by atoms with van der Waals surface area (Å²) in [6.45, 7) is 8.96. The van der Waals surface area contributed by atoms with Crippen LogP contribution in [0.15, 0.2) is 73.1 Å². The normalized spacial score (nSPS) is 18.5. The molecule has 2 aliphatic rings. The summed E-state index contributed by atoms with van der Waals surface area (Å²) in [5, 5.41) is 3.59. The first-order valence-corrected chi connectivity index (χ1v) is 13.9. The number of carbonyl (C=O) groups excluding carboxylic acids is 1. The fourth-order valence-electron chi connectivity index (χ4n) is 6.07. The monoisotopic (exact) mass is 533 g/mol. The van der Waals surface area contributed by atoms with Gasteiger partial charge in [0.25, 0.3) is 5.91 Å². The van der Waals surface area contributed by atoms with Crippen molar-refractivity contribution >= 4 is 17.3 Å². The van der Waals surface area contributed by atoms with Crippen LogP contribution in [0.4, 0.5) is 11.4 Å². The van der Waals surface area contributed by atoms with Gasteiger partial charge in [-0.1, -0.05) is 24.3 Å². The SMILES string of the molecule is COc1cc2c(cc1N1C[C@@H](C)N[C@@H](C)C1)N(C(=O)c1ccc(-c3ccc(-c4ncccn4)cc3C)cc1)CC2. The molecule has 0 bridgehead atoms. The number of piperazine rings is 1. The molecule has 4 aromatic rings. The van der Waals surface area contributed by atoms with E-state index in [0.29, 0.717) is 30.0 Å². The second-order valence-corrected chi connectivity index (χ2v) is 10.9. The second-order valence-electron chi connectivity index (χ2n) is 10.9. The molecule has 204 valence electrons. The highest BCUT2D eigenvalue weighted by molar-refractivity contribution is 6.08. The van der Waals surface area contributed by atoms with Crippen LogP contribution in [0, 0.1) is 6.92 Å². The smallest absolute Gasteiger partial charge is 0.258 e. The van der Waals surface area contributed by atoms with E-state index in [1.165, 1.54) is 0 Å². The van der Waals surface area contributed by atoms with Crippen LogP contribution < -0.4 is 19.9 Å². The van der Waals surface area contributed by atoms with E-state index < -0.39 is 0 Å². The number of carbonyl (C=O) groups is 1. The van der Waals surface area contributed by atoms with Crippen molar-refractivity contribution in [3.63, 3.8) is 0 Å². The summed E-state index contributed by atoms with van der Waals surface area (Å²) in [5.41, 5.74) is 8.20. The lowest BCUT2D eigenvalue weighted by Gasteiger charge is -2.38. The lowest BCUT2D eigenvalue weighted by atomic mass is 9.97. The average Bonchev–Trinajstić information content (AvgIpc) is 3.39. The zero-order valence-corrected chi connectivity index (χ0v) is 23.5. The van der Waals surface area contributed by atoms with Gasteiger partial charge in [-0.3, -0.25) is 4.79 Å². The Morgan fingerprint density at radius 2 is 1.62 bits per heavy atom. The molecule has 1 N–H and O–H groups in total. The van der Waals surface area contributed by atoms with Crippen LogP contribution in [0.3, 0.4) is 0 Å². The van der Waals surface area contributed by atoms with Crippen molar-refractivity contribution < 1.29 is 9.53 Å². The zero-order valence-electron chi connectivity index (χ0n) is 23.5. The van der Waals surface area contributed by atoms with E-state index in [4.69, 9.17) is 4.74 Å². The van der Waals surface area contributed by atoms with Crippen molar-refractivity contribution in [2.45, 2.75) is 39.3 Å². The molecule has 1 amide bonds. The Balaban J connectivity index is 1.25. The quantitative estimate of drug-likeness (QED) is 0.365. The molecule has 40 heavy (non-hydrogen) atoms. The number of nitrogens with one attached hydrogen (secondary N) is 1. The molecule has 3 aromatic carbocycles. The third-order valence-corrected chi connectivity index (χ3v) is 7.91. The highest BCUT2D eigenvalue weighted by Gasteiger charge is 2.30. The summed E-state index contributed by atoms with van der Waals surface area (Å²) in [5.74, 6) is 1.61. The number of anilines is 2. The maximum atomic E-state index is 13.7. The van der Waals surface area contributed by atoms with Crippen molar-refractivity contribution in [2.24, 2.45) is 0 Å². The van der Waals surface area contributed by atoms with Gasteiger partial charge in [-0.2, -0.15) is 0 Å². The molecule has 0 unspecified atom stereocenters. The fraction of sp³-hybridized carbons (Fsp3) is 0.303. The van der Waals surface area contributed by atoms with Crippen LogP contribution >= 0.6 is 0 Å². The molecule has 1 fully saturated rings. The van der Waals surface area contributed by atoms with Gasteiger partial charge in [0.2, 0.25) is 0 Å². The van der Waals surface area contributed by atoms with Gasteiger partial charge in [-0.25, -0.2) is 9.97 Å². The number of methoxy groups -OCH3 is 1. The van der Waals surface area contributed by atoms with E-state index in [-0.39, 0.29) is 5.91 Å². The van der Waals surface area contributed by atoms with E-state index in [9.17, 15) is 4.79 Å². The predicted molar refractivity (Wildman–Crippen MR) is 160 cm³/mol. The summed E-state index contributed by atoms with van der Waals surface area (Å²) in [7, 11) is 1.73. The Kier molecular flexibility index (Phi) is 6.98. The number of nitrogens with zero attached hydrogens (tertiary/aromatic N) is 4. The number of aryl methyl sites for hydroxylation is 1. The highest BCUT2D eigenvalue weighted by atomic mass is 16.5. The molecular formula is C33H35N5O2. The summed E-state index contributed by atoms with van der Waals surface area (Å²) in [4.78, 5) is 26.7. The standard InChI is InChI=1S/C33H35N5O2/c1-21-16-27(32-34-13-5-14-35-32)10-11-28(21)24-6-8-25(9-7-24)33(39)38-15-12-26-17-31(40-4)30(18-29(26)38)37-19-22(2)36-23(3)20-37/h5-11,13-14,16-18,22-23,36H,12,15,19-20H2,1-4H3/t22-,23+. The first-order chi connectivity index (χ1) is 19.4. The van der Waals surface area contributed by atoms with Gasteiger partial charge in [0.1, 0.15) is 5.75 Å². The third kappa shape index (κ3) is 4.93. The van der Waals surface area contributed by atoms with Gasteiger partial charge in [0, 0.05) is 60.9 Å². The summed E-state index contributed by atoms with van der Waals surface area (Å²) >= 11 is 0. The molecular weight excluding hydrogens is 498 g/mol. The number of ether oxygens (including phenoxy) is 1. The summed E-state index contributed by atoms with van der Waals surface area (Å²) < 4.78 is 5.80. The molecule has 0 saturated carbocycles. The lowest BCUT2D eigenvalue weighted by molar-refractivity contribution is 0.0989. The molecule has 7 nitrogen and oxygen atoms in total. The third-order valence-electron chi connectivity index (χ3n) is 7.91. The van der Waals surface area contributed by atoms with Crippen LogP contribution in [0.5, 0.6) is 5.75 Å². The van der Waals surface area contributed by atoms with Crippen LogP contribution in [0.25, 0.3) is 22.5 Å². The van der Waals surface area contributed by atoms with Gasteiger partial charge in [0.05, 0.1) is 12.8 Å². The van der Waals surface area contributed by atoms with E-state index >= 15 is 0 Å². The van der Waals surface area contributed by atoms with E-state index in [1.54, 1.807) is 19.5 Å². The summed E-state index contributed by atoms with van der Waals surface area (Å²) in [6, 6.07) is 21.0. The molecule has 3 heterocycles. The van der Waals surface area contributed by atoms with Gasteiger partial charge in [-0.05, 0) is 85.8 Å². The van der Waals surface area contributed by atoms with Crippen LogP contribution in [-0.4, -0.2) is 54.7 Å². The van der Waals surface area contributed by atoms with E-state index in [1.807, 2.05) is 41.3 Å². The minimum absolute atomic E-state index is 0.0248. The molecule has 7 heteroatoms. The molecule has 0 radical (unpaired) electrons. The molecule has 6 rings (SSSR count). The minimum atomic E-state index is 0.0248. The number of amides is 1. The van der Waals surface area contributed by atoms with Crippen molar-refractivity contribution in [3.8, 4) is 28.3 Å².